The van der Waals surface area contributed by atoms with E-state index in [1.165, 1.54) is 0 Å². The van der Waals surface area contributed by atoms with Gasteiger partial charge in [0.2, 0.25) is 5.91 Å². The molecule has 154 valence electrons. The van der Waals surface area contributed by atoms with E-state index < -0.39 is 36.0 Å². The van der Waals surface area contributed by atoms with Gasteiger partial charge in [0.1, 0.15) is 12.1 Å². The minimum Gasteiger partial charge on any atom is -0.480 e. The van der Waals surface area contributed by atoms with Gasteiger partial charge in [0.15, 0.2) is 0 Å². The van der Waals surface area contributed by atoms with E-state index in [0.717, 1.165) is 0 Å². The first kappa shape index (κ1) is 22.9. The maximum Gasteiger partial charge on any atom is 0.407 e. The number of nitrogens with one attached hydrogen (secondary N) is 3. The molecular formula is C19H27N3O6. The molecular weight excluding hydrogens is 366 g/mol. The number of ether oxygens (including phenoxy) is 1. The van der Waals surface area contributed by atoms with Crippen molar-refractivity contribution < 1.29 is 29.0 Å². The van der Waals surface area contributed by atoms with E-state index in [1.807, 2.05) is 13.8 Å². The quantitative estimate of drug-likeness (QED) is 0.471. The predicted octanol–water partition coefficient (Wildman–Crippen LogP) is 1.15. The molecule has 0 aromatic heterocycles. The monoisotopic (exact) mass is 393 g/mol. The molecule has 0 aliphatic rings. The third-order valence-electron chi connectivity index (χ3n) is 3.71. The highest BCUT2D eigenvalue weighted by Gasteiger charge is 2.26. The molecule has 0 saturated carbocycles. The standard InChI is InChI=1S/C19H27N3O6/c1-4-28-19(27)22-15(18(25)26)11-20-17(24)14(10-12(2)3)21-16(23)13-8-6-5-7-9-13/h5-9,12,14-15H,4,10-11H2,1-3H3,(H,20,24)(H,21,23)(H,22,27)(H,25,26)/t14-,15-/m0/s1. The zero-order valence-corrected chi connectivity index (χ0v) is 16.2. The van der Waals surface area contributed by atoms with E-state index >= 15 is 0 Å². The van der Waals surface area contributed by atoms with E-state index in [4.69, 9.17) is 0 Å². The van der Waals surface area contributed by atoms with Crippen LogP contribution in [0.1, 0.15) is 37.6 Å². The average Bonchev–Trinajstić information content (AvgIpc) is 2.64. The van der Waals surface area contributed by atoms with E-state index in [9.17, 15) is 24.3 Å². The fourth-order valence-corrected chi connectivity index (χ4v) is 2.37. The molecule has 0 spiro atoms. The third kappa shape index (κ3) is 8.07. The molecule has 9 nitrogen and oxygen atoms in total. The van der Waals surface area contributed by atoms with Crippen LogP contribution in [0.4, 0.5) is 4.79 Å². The molecule has 3 amide bonds. The fourth-order valence-electron chi connectivity index (χ4n) is 2.37. The molecule has 0 unspecified atom stereocenters. The Bertz CT molecular complexity index is 678. The number of carbonyl (C=O) groups is 4. The fraction of sp³-hybridized carbons (Fsp3) is 0.474. The first-order chi connectivity index (χ1) is 13.2. The minimum absolute atomic E-state index is 0.0898. The molecule has 0 radical (unpaired) electrons. The van der Waals surface area contributed by atoms with E-state index in [1.54, 1.807) is 37.3 Å². The van der Waals surface area contributed by atoms with Crippen LogP contribution < -0.4 is 16.0 Å². The zero-order chi connectivity index (χ0) is 21.1. The van der Waals surface area contributed by atoms with Crippen molar-refractivity contribution >= 4 is 23.9 Å². The van der Waals surface area contributed by atoms with E-state index in [-0.39, 0.29) is 19.1 Å². The molecule has 0 bridgehead atoms. The van der Waals surface area contributed by atoms with Crippen LogP contribution in [0, 0.1) is 5.92 Å². The van der Waals surface area contributed by atoms with Gasteiger partial charge in [-0.25, -0.2) is 9.59 Å². The second kappa shape index (κ2) is 11.6. The van der Waals surface area contributed by atoms with Crippen LogP contribution in [-0.2, 0) is 14.3 Å². The summed E-state index contributed by atoms with van der Waals surface area (Å²) in [4.78, 5) is 47.6. The summed E-state index contributed by atoms with van der Waals surface area (Å²) < 4.78 is 4.65. The molecule has 9 heteroatoms. The Balaban J connectivity index is 2.73. The third-order valence-corrected chi connectivity index (χ3v) is 3.71. The van der Waals surface area contributed by atoms with Crippen molar-refractivity contribution in [3.05, 3.63) is 35.9 Å². The molecule has 0 heterocycles. The van der Waals surface area contributed by atoms with Gasteiger partial charge in [-0.1, -0.05) is 32.0 Å². The van der Waals surface area contributed by atoms with Crippen molar-refractivity contribution in [2.45, 2.75) is 39.3 Å². The maximum atomic E-state index is 12.5. The number of carboxylic acids is 1. The number of aliphatic carboxylic acids is 1. The summed E-state index contributed by atoms with van der Waals surface area (Å²) in [6, 6.07) is 6.26. The molecule has 28 heavy (non-hydrogen) atoms. The van der Waals surface area contributed by atoms with Crippen LogP contribution in [0.3, 0.4) is 0 Å². The second-order valence-corrected chi connectivity index (χ2v) is 6.52. The highest BCUT2D eigenvalue weighted by Crippen LogP contribution is 2.07. The van der Waals surface area contributed by atoms with Gasteiger partial charge in [-0.15, -0.1) is 0 Å². The van der Waals surface area contributed by atoms with E-state index in [0.29, 0.717) is 12.0 Å². The van der Waals surface area contributed by atoms with Crippen molar-refractivity contribution in [2.75, 3.05) is 13.2 Å². The number of hydrogen-bond donors (Lipinski definition) is 4. The highest BCUT2D eigenvalue weighted by atomic mass is 16.5. The van der Waals surface area contributed by atoms with Crippen LogP contribution in [0.2, 0.25) is 0 Å². The molecule has 0 aliphatic heterocycles. The summed E-state index contributed by atoms with van der Waals surface area (Å²) in [6.45, 7) is 5.13. The summed E-state index contributed by atoms with van der Waals surface area (Å²) >= 11 is 0. The predicted molar refractivity (Wildman–Crippen MR) is 102 cm³/mol. The van der Waals surface area contributed by atoms with Gasteiger partial charge in [0.05, 0.1) is 6.61 Å². The zero-order valence-electron chi connectivity index (χ0n) is 16.2. The summed E-state index contributed by atoms with van der Waals surface area (Å²) in [5, 5.41) is 16.5. The smallest absolute Gasteiger partial charge is 0.407 e. The second-order valence-electron chi connectivity index (χ2n) is 6.52. The lowest BCUT2D eigenvalue weighted by Gasteiger charge is -2.22. The van der Waals surface area contributed by atoms with Gasteiger partial charge in [-0.05, 0) is 31.4 Å². The average molecular weight is 393 g/mol. The van der Waals surface area contributed by atoms with E-state index in [2.05, 4.69) is 20.7 Å². The van der Waals surface area contributed by atoms with Gasteiger partial charge in [0, 0.05) is 12.1 Å². The van der Waals surface area contributed by atoms with Crippen LogP contribution in [0.5, 0.6) is 0 Å². The Morgan fingerprint density at radius 3 is 2.21 bits per heavy atom. The van der Waals surface area contributed by atoms with Gasteiger partial charge in [-0.2, -0.15) is 0 Å². The molecule has 4 N–H and O–H groups in total. The van der Waals surface area contributed by atoms with Gasteiger partial charge >= 0.3 is 12.1 Å². The van der Waals surface area contributed by atoms with Gasteiger partial charge in [-0.3, -0.25) is 9.59 Å². The van der Waals surface area contributed by atoms with Crippen LogP contribution >= 0.6 is 0 Å². The Kier molecular flexibility index (Phi) is 9.49. The van der Waals surface area contributed by atoms with Gasteiger partial charge in [0.25, 0.3) is 5.91 Å². The first-order valence-electron chi connectivity index (χ1n) is 9.04. The highest BCUT2D eigenvalue weighted by molar-refractivity contribution is 5.97. The Morgan fingerprint density at radius 1 is 1.04 bits per heavy atom. The lowest BCUT2D eigenvalue weighted by molar-refractivity contribution is -0.139. The molecule has 1 rings (SSSR count). The Morgan fingerprint density at radius 2 is 1.68 bits per heavy atom. The molecule has 0 aliphatic carbocycles. The largest absolute Gasteiger partial charge is 0.480 e. The number of carboxylic acid groups (broad SMARTS) is 1. The topological polar surface area (TPSA) is 134 Å². The molecule has 2 atom stereocenters. The van der Waals surface area contributed by atoms with Crippen molar-refractivity contribution in [2.24, 2.45) is 5.92 Å². The van der Waals surface area contributed by atoms with Crippen molar-refractivity contribution in [3.63, 3.8) is 0 Å². The Labute approximate surface area is 163 Å². The number of amides is 3. The van der Waals surface area contributed by atoms with Crippen molar-refractivity contribution in [1.82, 2.24) is 16.0 Å². The van der Waals surface area contributed by atoms with Crippen molar-refractivity contribution in [1.29, 1.82) is 0 Å². The van der Waals surface area contributed by atoms with Crippen LogP contribution in [0.25, 0.3) is 0 Å². The lowest BCUT2D eigenvalue weighted by Crippen LogP contribution is -2.53. The van der Waals surface area contributed by atoms with Gasteiger partial charge < -0.3 is 25.8 Å². The normalized spacial score (nSPS) is 12.6. The summed E-state index contributed by atoms with van der Waals surface area (Å²) in [7, 11) is 0. The number of alkyl carbamates (subject to hydrolysis) is 1. The number of rotatable bonds is 10. The SMILES string of the molecule is CCOC(=O)N[C@@H](CNC(=O)[C@H](CC(C)C)NC(=O)c1ccccc1)C(=O)O. The molecule has 0 fully saturated rings. The minimum atomic E-state index is -1.35. The molecule has 0 saturated heterocycles. The molecule has 1 aromatic rings. The number of benzene rings is 1. The lowest BCUT2D eigenvalue weighted by atomic mass is 10.0. The first-order valence-corrected chi connectivity index (χ1v) is 9.04. The van der Waals surface area contributed by atoms with Crippen LogP contribution in [0.15, 0.2) is 30.3 Å². The number of carbonyl (C=O) groups excluding carboxylic acids is 3. The summed E-state index contributed by atoms with van der Waals surface area (Å²) in [5.41, 5.74) is 0.413. The van der Waals surface area contributed by atoms with Crippen LogP contribution in [-0.4, -0.2) is 54.2 Å². The Hall–Kier alpha value is -3.10. The maximum absolute atomic E-state index is 12.5. The summed E-state index contributed by atoms with van der Waals surface area (Å²) in [6.07, 6.45) is -0.520. The number of hydrogen-bond acceptors (Lipinski definition) is 5. The summed E-state index contributed by atoms with van der Waals surface area (Å²) in [5.74, 6) is -2.14. The molecule has 1 aromatic carbocycles. The van der Waals surface area contributed by atoms with Crippen molar-refractivity contribution in [3.8, 4) is 0 Å².